The quantitative estimate of drug-likeness (QED) is 0.717. The van der Waals surface area contributed by atoms with Crippen LogP contribution < -0.4 is 5.32 Å². The molecule has 0 rings (SSSR count). The number of hydrogen-bond acceptors (Lipinski definition) is 4. The van der Waals surface area contributed by atoms with Gasteiger partial charge in [-0.2, -0.15) is 0 Å². The molecule has 0 saturated carbocycles. The Morgan fingerprint density at radius 1 is 1.16 bits per heavy atom. The standard InChI is InChI=1S/C13H24N2O4/c1-13(2,3)12(18)14-8-6-10(16)15(4)9-7-11(17)19-5/h6-9H2,1-5H3,(H,14,18). The Balaban J connectivity index is 3.92. The van der Waals surface area contributed by atoms with E-state index in [0.29, 0.717) is 13.1 Å². The highest BCUT2D eigenvalue weighted by Crippen LogP contribution is 2.12. The number of ether oxygens (including phenoxy) is 1. The van der Waals surface area contributed by atoms with Gasteiger partial charge in [-0.1, -0.05) is 20.8 Å². The molecular formula is C13H24N2O4. The second-order valence-corrected chi connectivity index (χ2v) is 5.40. The summed E-state index contributed by atoms with van der Waals surface area (Å²) in [4.78, 5) is 35.7. The van der Waals surface area contributed by atoms with Crippen LogP contribution in [0.4, 0.5) is 0 Å². The summed E-state index contributed by atoms with van der Waals surface area (Å²) in [5.74, 6) is -0.545. The maximum Gasteiger partial charge on any atom is 0.307 e. The fraction of sp³-hybridized carbons (Fsp3) is 0.769. The van der Waals surface area contributed by atoms with Gasteiger partial charge >= 0.3 is 5.97 Å². The molecule has 0 aliphatic rings. The van der Waals surface area contributed by atoms with Gasteiger partial charge in [0.15, 0.2) is 0 Å². The van der Waals surface area contributed by atoms with Crippen LogP contribution in [-0.2, 0) is 19.1 Å². The van der Waals surface area contributed by atoms with E-state index in [9.17, 15) is 14.4 Å². The van der Waals surface area contributed by atoms with Gasteiger partial charge in [0.1, 0.15) is 0 Å². The highest BCUT2D eigenvalue weighted by molar-refractivity contribution is 5.82. The van der Waals surface area contributed by atoms with Crippen molar-refractivity contribution in [1.29, 1.82) is 0 Å². The van der Waals surface area contributed by atoms with E-state index in [1.165, 1.54) is 12.0 Å². The molecule has 2 amide bonds. The molecule has 0 aliphatic carbocycles. The summed E-state index contributed by atoms with van der Waals surface area (Å²) in [6, 6.07) is 0. The zero-order valence-corrected chi connectivity index (χ0v) is 12.4. The second kappa shape index (κ2) is 7.76. The van der Waals surface area contributed by atoms with E-state index < -0.39 is 5.41 Å². The summed E-state index contributed by atoms with van der Waals surface area (Å²) in [7, 11) is 2.93. The van der Waals surface area contributed by atoms with Crippen LogP contribution in [0.25, 0.3) is 0 Å². The van der Waals surface area contributed by atoms with Crippen LogP contribution in [0.5, 0.6) is 0 Å². The fourth-order valence-corrected chi connectivity index (χ4v) is 1.22. The zero-order chi connectivity index (χ0) is 15.1. The largest absolute Gasteiger partial charge is 0.469 e. The maximum absolute atomic E-state index is 11.7. The summed E-state index contributed by atoms with van der Waals surface area (Å²) in [6.45, 7) is 6.06. The molecular weight excluding hydrogens is 248 g/mol. The van der Waals surface area contributed by atoms with E-state index >= 15 is 0 Å². The number of hydrogen-bond donors (Lipinski definition) is 1. The van der Waals surface area contributed by atoms with Gasteiger partial charge in [-0.05, 0) is 0 Å². The molecule has 1 N–H and O–H groups in total. The van der Waals surface area contributed by atoms with E-state index in [4.69, 9.17) is 0 Å². The molecule has 0 spiro atoms. The van der Waals surface area contributed by atoms with Gasteiger partial charge in [-0.3, -0.25) is 14.4 Å². The van der Waals surface area contributed by atoms with E-state index in [2.05, 4.69) is 10.1 Å². The molecule has 0 radical (unpaired) electrons. The number of nitrogens with one attached hydrogen (secondary N) is 1. The molecule has 0 fully saturated rings. The van der Waals surface area contributed by atoms with Crippen molar-refractivity contribution in [2.45, 2.75) is 33.6 Å². The van der Waals surface area contributed by atoms with Gasteiger partial charge in [0.25, 0.3) is 0 Å². The number of methoxy groups -OCH3 is 1. The summed E-state index contributed by atoms with van der Waals surface area (Å²) < 4.78 is 4.50. The molecule has 110 valence electrons. The number of carbonyl (C=O) groups excluding carboxylic acids is 3. The normalized spacial score (nSPS) is 10.8. The first kappa shape index (κ1) is 17.4. The van der Waals surface area contributed by atoms with Crippen LogP contribution in [0.3, 0.4) is 0 Å². The van der Waals surface area contributed by atoms with Crippen molar-refractivity contribution in [3.63, 3.8) is 0 Å². The Kier molecular flexibility index (Phi) is 7.11. The number of rotatable bonds is 6. The van der Waals surface area contributed by atoms with Crippen LogP contribution >= 0.6 is 0 Å². The van der Waals surface area contributed by atoms with Gasteiger partial charge < -0.3 is 15.0 Å². The number of nitrogens with zero attached hydrogens (tertiary/aromatic N) is 1. The summed E-state index contributed by atoms with van der Waals surface area (Å²) in [6.07, 6.45) is 0.395. The lowest BCUT2D eigenvalue weighted by Crippen LogP contribution is -2.38. The Hall–Kier alpha value is -1.59. The number of esters is 1. The lowest BCUT2D eigenvalue weighted by molar-refractivity contribution is -0.141. The van der Waals surface area contributed by atoms with Gasteiger partial charge in [0.2, 0.25) is 11.8 Å². The highest BCUT2D eigenvalue weighted by Gasteiger charge is 2.21. The summed E-state index contributed by atoms with van der Waals surface area (Å²) in [5.41, 5.74) is -0.458. The van der Waals surface area contributed by atoms with Crippen LogP contribution in [0.2, 0.25) is 0 Å². The Bertz CT molecular complexity index is 334. The van der Waals surface area contributed by atoms with Crippen LogP contribution in [0, 0.1) is 5.41 Å². The molecule has 0 aromatic heterocycles. The molecule has 0 aromatic carbocycles. The van der Waals surface area contributed by atoms with Crippen molar-refractivity contribution in [3.05, 3.63) is 0 Å². The van der Waals surface area contributed by atoms with Crippen LogP contribution in [0.1, 0.15) is 33.6 Å². The molecule has 0 bridgehead atoms. The first-order valence-electron chi connectivity index (χ1n) is 6.27. The smallest absolute Gasteiger partial charge is 0.307 e. The average Bonchev–Trinajstić information content (AvgIpc) is 2.33. The highest BCUT2D eigenvalue weighted by atomic mass is 16.5. The lowest BCUT2D eigenvalue weighted by Gasteiger charge is -2.19. The first-order valence-corrected chi connectivity index (χ1v) is 6.27. The van der Waals surface area contributed by atoms with Gasteiger partial charge in [0, 0.05) is 32.0 Å². The first-order chi connectivity index (χ1) is 8.68. The SMILES string of the molecule is COC(=O)CCN(C)C(=O)CCNC(=O)C(C)(C)C. The Labute approximate surface area is 114 Å². The molecule has 0 aromatic rings. The third kappa shape index (κ3) is 7.43. The number of carbonyl (C=O) groups is 3. The van der Waals surface area contributed by atoms with Crippen molar-refractivity contribution in [1.82, 2.24) is 10.2 Å². The molecule has 6 heteroatoms. The van der Waals surface area contributed by atoms with E-state index in [-0.39, 0.29) is 30.6 Å². The van der Waals surface area contributed by atoms with Crippen LogP contribution in [-0.4, -0.2) is 49.9 Å². The van der Waals surface area contributed by atoms with Crippen molar-refractivity contribution in [2.75, 3.05) is 27.2 Å². The van der Waals surface area contributed by atoms with Crippen molar-refractivity contribution < 1.29 is 19.1 Å². The van der Waals surface area contributed by atoms with Gasteiger partial charge in [-0.25, -0.2) is 0 Å². The molecule has 0 unspecified atom stereocenters. The average molecular weight is 272 g/mol. The molecule has 19 heavy (non-hydrogen) atoms. The van der Waals surface area contributed by atoms with E-state index in [0.717, 1.165) is 0 Å². The third-order valence-electron chi connectivity index (χ3n) is 2.61. The van der Waals surface area contributed by atoms with Crippen LogP contribution in [0.15, 0.2) is 0 Å². The minimum Gasteiger partial charge on any atom is -0.469 e. The second-order valence-electron chi connectivity index (χ2n) is 5.40. The molecule has 6 nitrogen and oxygen atoms in total. The Morgan fingerprint density at radius 3 is 2.21 bits per heavy atom. The predicted octanol–water partition coefficient (Wildman–Crippen LogP) is 0.560. The predicted molar refractivity (Wildman–Crippen MR) is 71.4 cm³/mol. The van der Waals surface area contributed by atoms with E-state index in [1.54, 1.807) is 7.05 Å². The Morgan fingerprint density at radius 2 is 1.74 bits per heavy atom. The zero-order valence-electron chi connectivity index (χ0n) is 12.4. The van der Waals surface area contributed by atoms with Crippen molar-refractivity contribution in [3.8, 4) is 0 Å². The molecule has 0 aliphatic heterocycles. The minimum atomic E-state index is -0.458. The maximum atomic E-state index is 11.7. The summed E-state index contributed by atoms with van der Waals surface area (Å²) in [5, 5.41) is 2.71. The molecule has 0 heterocycles. The monoisotopic (exact) mass is 272 g/mol. The van der Waals surface area contributed by atoms with Crippen molar-refractivity contribution in [2.24, 2.45) is 5.41 Å². The van der Waals surface area contributed by atoms with Crippen molar-refractivity contribution >= 4 is 17.8 Å². The number of amides is 2. The summed E-state index contributed by atoms with van der Waals surface area (Å²) >= 11 is 0. The topological polar surface area (TPSA) is 75.7 Å². The fourth-order valence-electron chi connectivity index (χ4n) is 1.22. The van der Waals surface area contributed by atoms with E-state index in [1.807, 2.05) is 20.8 Å². The molecule has 0 atom stereocenters. The molecule has 0 saturated heterocycles. The van der Waals surface area contributed by atoms with Gasteiger partial charge in [0.05, 0.1) is 13.5 Å². The third-order valence-corrected chi connectivity index (χ3v) is 2.61. The minimum absolute atomic E-state index is 0.0856. The van der Waals surface area contributed by atoms with Gasteiger partial charge in [-0.15, -0.1) is 0 Å². The lowest BCUT2D eigenvalue weighted by atomic mass is 9.96.